The van der Waals surface area contributed by atoms with Gasteiger partial charge in [-0.3, -0.25) is 0 Å². The highest BCUT2D eigenvalue weighted by Gasteiger charge is 2.43. The van der Waals surface area contributed by atoms with Crippen molar-refractivity contribution in [3.63, 3.8) is 0 Å². The fourth-order valence-corrected chi connectivity index (χ4v) is 11.5. The van der Waals surface area contributed by atoms with E-state index < -0.39 is 0 Å². The zero-order valence-corrected chi connectivity index (χ0v) is 35.8. The van der Waals surface area contributed by atoms with E-state index in [0.29, 0.717) is 0 Å². The fourth-order valence-electron chi connectivity index (χ4n) is 11.5. The molecule has 0 atom stereocenters. The van der Waals surface area contributed by atoms with Gasteiger partial charge in [-0.25, -0.2) is 0 Å². The summed E-state index contributed by atoms with van der Waals surface area (Å²) in [6, 6.07) is 57.8. The summed E-state index contributed by atoms with van der Waals surface area (Å²) in [6.07, 6.45) is 0. The number of hydrogen-bond acceptors (Lipinski definition) is 1. The molecule has 0 N–H and O–H groups in total. The molecule has 294 valence electrons. The molecule has 0 bridgehead atoms. The number of hydrogen-bond donors (Lipinski definition) is 0. The molecule has 12 aromatic rings. The van der Waals surface area contributed by atoms with Crippen LogP contribution in [-0.4, -0.2) is 15.8 Å². The summed E-state index contributed by atoms with van der Waals surface area (Å²) < 4.78 is 11.6. The number of nitrogens with zero attached hydrogens (tertiary/aromatic N) is 2. The molecule has 2 aliphatic rings. The van der Waals surface area contributed by atoms with Crippen LogP contribution in [0.5, 0.6) is 0 Å². The quantitative estimate of drug-likeness (QED) is 0.152. The van der Waals surface area contributed by atoms with E-state index in [1.165, 1.54) is 115 Å². The fraction of sp³-hybridized carbons (Fsp3) is 0.138. The maximum absolute atomic E-state index is 6.36. The van der Waals surface area contributed by atoms with E-state index in [-0.39, 0.29) is 17.5 Å². The van der Waals surface area contributed by atoms with E-state index in [9.17, 15) is 0 Å². The van der Waals surface area contributed by atoms with Gasteiger partial charge in [0.1, 0.15) is 11.2 Å². The second-order valence-electron chi connectivity index (χ2n) is 20.2. The van der Waals surface area contributed by atoms with Gasteiger partial charge in [-0.15, -0.1) is 0 Å². The molecular weight excluding hydrogens is 751 g/mol. The van der Waals surface area contributed by atoms with Gasteiger partial charge in [0, 0.05) is 54.7 Å². The van der Waals surface area contributed by atoms with Crippen LogP contribution in [0.3, 0.4) is 0 Å². The van der Waals surface area contributed by atoms with Crippen molar-refractivity contribution in [3.8, 4) is 22.5 Å². The first-order valence-corrected chi connectivity index (χ1v) is 22.1. The lowest BCUT2D eigenvalue weighted by molar-refractivity contribution is 0.590. The highest BCUT2D eigenvalue weighted by Crippen LogP contribution is 2.45. The second kappa shape index (κ2) is 11.5. The van der Waals surface area contributed by atoms with Crippen LogP contribution in [0.25, 0.3) is 110 Å². The zero-order valence-electron chi connectivity index (χ0n) is 35.8. The van der Waals surface area contributed by atoms with Crippen LogP contribution in [-0.2, 0) is 10.8 Å². The van der Waals surface area contributed by atoms with Gasteiger partial charge in [-0.2, -0.15) is 0 Å². The summed E-state index contributed by atoms with van der Waals surface area (Å²) in [5, 5.41) is 12.7. The van der Waals surface area contributed by atoms with E-state index in [1.807, 2.05) is 0 Å². The average Bonchev–Trinajstić information content (AvgIpc) is 3.92. The molecule has 0 fully saturated rings. The van der Waals surface area contributed by atoms with Crippen molar-refractivity contribution in [2.24, 2.45) is 0 Å². The molecule has 14 rings (SSSR count). The number of rotatable bonds is 1. The molecule has 3 nitrogen and oxygen atoms in total. The normalized spacial score (nSPS) is 13.6. The molecular formula is C58H43BN2O. The molecule has 0 amide bonds. The summed E-state index contributed by atoms with van der Waals surface area (Å²) in [5.74, 6) is 0. The number of aromatic nitrogens is 2. The van der Waals surface area contributed by atoms with Crippen LogP contribution < -0.4 is 16.4 Å². The Kier molecular flexibility index (Phi) is 6.40. The molecule has 4 heteroatoms. The van der Waals surface area contributed by atoms with E-state index in [0.717, 1.165) is 21.9 Å². The van der Waals surface area contributed by atoms with Gasteiger partial charge < -0.3 is 13.6 Å². The van der Waals surface area contributed by atoms with E-state index in [1.54, 1.807) is 0 Å². The van der Waals surface area contributed by atoms with Crippen molar-refractivity contribution in [2.75, 3.05) is 0 Å². The van der Waals surface area contributed by atoms with Crippen molar-refractivity contribution in [2.45, 2.75) is 52.4 Å². The first kappa shape index (κ1) is 34.7. The average molecular weight is 795 g/mol. The minimum Gasteiger partial charge on any atom is -0.456 e. The minimum atomic E-state index is -0.0542. The predicted octanol–water partition coefficient (Wildman–Crippen LogP) is 13.5. The Morgan fingerprint density at radius 3 is 1.79 bits per heavy atom. The smallest absolute Gasteiger partial charge is 0.253 e. The van der Waals surface area contributed by atoms with Crippen molar-refractivity contribution in [1.82, 2.24) is 9.13 Å². The zero-order chi connectivity index (χ0) is 41.6. The topological polar surface area (TPSA) is 23.0 Å². The van der Waals surface area contributed by atoms with Crippen LogP contribution in [0.2, 0.25) is 0 Å². The first-order chi connectivity index (χ1) is 30.0. The van der Waals surface area contributed by atoms with Crippen LogP contribution in [0.4, 0.5) is 0 Å². The van der Waals surface area contributed by atoms with Gasteiger partial charge in [0.15, 0.2) is 0 Å². The molecule has 62 heavy (non-hydrogen) atoms. The Hall–Kier alpha value is -7.04. The maximum atomic E-state index is 6.36. The van der Waals surface area contributed by atoms with Gasteiger partial charge in [0.2, 0.25) is 0 Å². The van der Waals surface area contributed by atoms with Gasteiger partial charge in [0.25, 0.3) is 6.71 Å². The molecule has 0 radical (unpaired) electrons. The van der Waals surface area contributed by atoms with Crippen LogP contribution in [0, 0.1) is 0 Å². The molecule has 3 aromatic heterocycles. The first-order valence-electron chi connectivity index (χ1n) is 22.1. The maximum Gasteiger partial charge on any atom is 0.253 e. The lowest BCUT2D eigenvalue weighted by atomic mass is 9.33. The standard InChI is InChI=1S/C58H43BN2O/c1-57(2,3)37-20-21-47-42(29-37)45-30-38(58(4,5)6)31-46-55(45)60(47)49-27-36(34-19-22-52-43(24-34)40-17-11-12-18-51(40)62-52)28-50-54(49)59(46)53-39-16-10-9-15-35(39)25-44-41-23-32-13-7-8-14-33(32)26-48(41)61(50)56(44)53/h7-31H,1-6H3. The van der Waals surface area contributed by atoms with E-state index in [2.05, 4.69) is 202 Å². The van der Waals surface area contributed by atoms with Gasteiger partial charge in [-0.1, -0.05) is 126 Å². The Morgan fingerprint density at radius 1 is 0.403 bits per heavy atom. The number of fused-ring (bicyclic) bond motifs is 16. The summed E-state index contributed by atoms with van der Waals surface area (Å²) in [7, 11) is 0. The second-order valence-corrected chi connectivity index (χ2v) is 20.2. The molecule has 0 aliphatic carbocycles. The molecule has 5 heterocycles. The summed E-state index contributed by atoms with van der Waals surface area (Å²) >= 11 is 0. The highest BCUT2D eigenvalue weighted by molar-refractivity contribution is 7.01. The van der Waals surface area contributed by atoms with Crippen molar-refractivity contribution in [3.05, 3.63) is 163 Å². The largest absolute Gasteiger partial charge is 0.456 e. The van der Waals surface area contributed by atoms with Crippen LogP contribution in [0.15, 0.2) is 156 Å². The number of para-hydroxylation sites is 1. The molecule has 0 unspecified atom stereocenters. The Labute approximate surface area is 359 Å². The van der Waals surface area contributed by atoms with E-state index in [4.69, 9.17) is 4.42 Å². The molecule has 0 saturated carbocycles. The highest BCUT2D eigenvalue weighted by atomic mass is 16.3. The Morgan fingerprint density at radius 2 is 1.02 bits per heavy atom. The molecule has 9 aromatic carbocycles. The summed E-state index contributed by atoms with van der Waals surface area (Å²) in [5.41, 5.74) is 18.7. The van der Waals surface area contributed by atoms with Crippen molar-refractivity contribution in [1.29, 1.82) is 0 Å². The SMILES string of the molecule is CC(C)(C)c1ccc2c(c1)c1cc(C(C)(C)C)cc3c1n2-c1cc(-c2ccc4oc5ccccc5c4c2)cc2c1B3c1c3ccccc3cc3c4cc5ccccc5cc4n-2c13. The van der Waals surface area contributed by atoms with Crippen molar-refractivity contribution < 1.29 is 4.42 Å². The van der Waals surface area contributed by atoms with Gasteiger partial charge >= 0.3 is 0 Å². The Balaban J connectivity index is 1.21. The van der Waals surface area contributed by atoms with Crippen LogP contribution in [0.1, 0.15) is 52.7 Å². The monoisotopic (exact) mass is 794 g/mol. The number of benzene rings is 9. The predicted molar refractivity (Wildman–Crippen MR) is 265 cm³/mol. The van der Waals surface area contributed by atoms with Gasteiger partial charge in [0.05, 0.1) is 11.0 Å². The summed E-state index contributed by atoms with van der Waals surface area (Å²) in [6.45, 7) is 14.1. The third-order valence-electron chi connectivity index (χ3n) is 14.5. The number of furan rings is 1. The van der Waals surface area contributed by atoms with E-state index >= 15 is 0 Å². The molecule has 2 aliphatic heterocycles. The minimum absolute atomic E-state index is 0.0101. The van der Waals surface area contributed by atoms with Gasteiger partial charge in [-0.05, 0) is 138 Å². The van der Waals surface area contributed by atoms with Crippen molar-refractivity contribution >= 4 is 110 Å². The molecule has 0 saturated heterocycles. The third kappa shape index (κ3) is 4.42. The molecule has 0 spiro atoms. The third-order valence-corrected chi connectivity index (χ3v) is 14.5. The lowest BCUT2D eigenvalue weighted by Gasteiger charge is -2.35. The summed E-state index contributed by atoms with van der Waals surface area (Å²) in [4.78, 5) is 0. The lowest BCUT2D eigenvalue weighted by Crippen LogP contribution is -2.59. The Bertz CT molecular complexity index is 4010. The van der Waals surface area contributed by atoms with Crippen LogP contribution >= 0.6 is 0 Å².